The summed E-state index contributed by atoms with van der Waals surface area (Å²) in [5.41, 5.74) is 6.06. The van der Waals surface area contributed by atoms with Gasteiger partial charge in [-0.3, -0.25) is 0 Å². The van der Waals surface area contributed by atoms with Crippen LogP contribution in [0.4, 0.5) is 0 Å². The second-order valence-electron chi connectivity index (χ2n) is 6.92. The quantitative estimate of drug-likeness (QED) is 0.809. The van der Waals surface area contributed by atoms with Crippen molar-refractivity contribution >= 4 is 22.4 Å². The summed E-state index contributed by atoms with van der Waals surface area (Å²) >= 11 is 6.45. The van der Waals surface area contributed by atoms with Gasteiger partial charge >= 0.3 is 0 Å². The van der Waals surface area contributed by atoms with E-state index in [1.807, 2.05) is 18.2 Å². The van der Waals surface area contributed by atoms with Gasteiger partial charge in [-0.1, -0.05) is 18.5 Å². The minimum Gasteiger partial charge on any atom is -0.489 e. The van der Waals surface area contributed by atoms with Crippen molar-refractivity contribution < 1.29 is 14.2 Å². The number of nitrogens with two attached hydrogens (primary N) is 1. The highest BCUT2D eigenvalue weighted by molar-refractivity contribution is 6.33. The molecule has 26 heavy (non-hydrogen) atoms. The number of nitrogens with zero attached hydrogens (tertiary/aromatic N) is 1. The number of hydrogen-bond donors (Lipinski definition) is 1. The first-order valence-electron chi connectivity index (χ1n) is 9.12. The monoisotopic (exact) mass is 378 g/mol. The lowest BCUT2D eigenvalue weighted by molar-refractivity contribution is -0.0768. The standard InChI is InChI=1S/C20H27ClN2O3/c1-4-18(22)20(25-3)8-5-14(6-9-20)26-17-11-13-7-10-23-19(24-2)15(13)12-16(17)21/h7,10-12,14,18H,4-6,8-9,22H2,1-3H3. The number of hydrogen-bond acceptors (Lipinski definition) is 5. The molecular formula is C20H27ClN2O3. The minimum absolute atomic E-state index is 0.0534. The Balaban J connectivity index is 1.75. The molecule has 0 spiro atoms. The molecule has 1 fully saturated rings. The van der Waals surface area contributed by atoms with Gasteiger partial charge in [0.25, 0.3) is 0 Å². The summed E-state index contributed by atoms with van der Waals surface area (Å²) in [5, 5.41) is 2.44. The molecule has 1 atom stereocenters. The van der Waals surface area contributed by atoms with Gasteiger partial charge in [0.1, 0.15) is 5.75 Å². The van der Waals surface area contributed by atoms with Crippen LogP contribution in [0, 0.1) is 0 Å². The normalized spacial score (nSPS) is 24.4. The van der Waals surface area contributed by atoms with Crippen LogP contribution in [-0.2, 0) is 4.74 Å². The van der Waals surface area contributed by atoms with Gasteiger partial charge in [0.2, 0.25) is 5.88 Å². The average Bonchev–Trinajstić information content (AvgIpc) is 2.68. The van der Waals surface area contributed by atoms with Crippen molar-refractivity contribution in [1.29, 1.82) is 0 Å². The topological polar surface area (TPSA) is 66.6 Å². The first-order valence-corrected chi connectivity index (χ1v) is 9.50. The number of ether oxygens (including phenoxy) is 3. The summed E-state index contributed by atoms with van der Waals surface area (Å²) in [7, 11) is 3.36. The van der Waals surface area contributed by atoms with Crippen LogP contribution in [-0.4, -0.2) is 37.0 Å². The molecule has 0 aliphatic heterocycles. The van der Waals surface area contributed by atoms with E-state index in [1.165, 1.54) is 0 Å². The maximum absolute atomic E-state index is 6.45. The lowest BCUT2D eigenvalue weighted by Crippen LogP contribution is -2.52. The Labute approximate surface area is 159 Å². The average molecular weight is 379 g/mol. The molecule has 1 aromatic heterocycles. The molecule has 6 heteroatoms. The van der Waals surface area contributed by atoms with Crippen molar-refractivity contribution in [3.63, 3.8) is 0 Å². The van der Waals surface area contributed by atoms with Crippen LogP contribution in [0.15, 0.2) is 24.4 Å². The van der Waals surface area contributed by atoms with E-state index in [1.54, 1.807) is 20.4 Å². The van der Waals surface area contributed by atoms with Gasteiger partial charge < -0.3 is 19.9 Å². The number of aromatic nitrogens is 1. The molecule has 1 aliphatic carbocycles. The molecule has 5 nitrogen and oxygen atoms in total. The van der Waals surface area contributed by atoms with E-state index in [0.29, 0.717) is 16.7 Å². The fourth-order valence-electron chi connectivity index (χ4n) is 3.88. The molecule has 1 aliphatic rings. The SMILES string of the molecule is CCC(N)C1(OC)CCC(Oc2cc3ccnc(OC)c3cc2Cl)CC1. The number of benzene rings is 1. The third-order valence-corrected chi connectivity index (χ3v) is 5.86. The molecule has 3 rings (SSSR count). The van der Waals surface area contributed by atoms with E-state index < -0.39 is 0 Å². The van der Waals surface area contributed by atoms with Crippen molar-refractivity contribution in [3.05, 3.63) is 29.4 Å². The number of pyridine rings is 1. The van der Waals surface area contributed by atoms with Gasteiger partial charge in [-0.2, -0.15) is 0 Å². The van der Waals surface area contributed by atoms with Crippen LogP contribution in [0.2, 0.25) is 5.02 Å². The summed E-state index contributed by atoms with van der Waals surface area (Å²) in [4.78, 5) is 4.21. The molecule has 1 saturated carbocycles. The second-order valence-corrected chi connectivity index (χ2v) is 7.33. The zero-order chi connectivity index (χ0) is 18.7. The van der Waals surface area contributed by atoms with Crippen LogP contribution in [0.1, 0.15) is 39.0 Å². The number of fused-ring (bicyclic) bond motifs is 1. The van der Waals surface area contributed by atoms with Crippen molar-refractivity contribution in [2.24, 2.45) is 5.73 Å². The Morgan fingerprint density at radius 2 is 2.04 bits per heavy atom. The molecule has 0 bridgehead atoms. The molecule has 1 unspecified atom stereocenters. The van der Waals surface area contributed by atoms with Crippen LogP contribution in [0.3, 0.4) is 0 Å². The molecule has 2 N–H and O–H groups in total. The van der Waals surface area contributed by atoms with Crippen LogP contribution in [0.25, 0.3) is 10.8 Å². The lowest BCUT2D eigenvalue weighted by Gasteiger charge is -2.42. The van der Waals surface area contributed by atoms with Gasteiger partial charge in [0.05, 0.1) is 23.8 Å². The fourth-order valence-corrected chi connectivity index (χ4v) is 4.08. The second kappa shape index (κ2) is 7.99. The maximum Gasteiger partial charge on any atom is 0.221 e. The first-order chi connectivity index (χ1) is 12.5. The molecule has 2 aromatic rings. The molecule has 1 heterocycles. The van der Waals surface area contributed by atoms with Gasteiger partial charge in [-0.25, -0.2) is 4.98 Å². The smallest absolute Gasteiger partial charge is 0.221 e. The number of methoxy groups -OCH3 is 2. The van der Waals surface area contributed by atoms with E-state index >= 15 is 0 Å². The third kappa shape index (κ3) is 3.61. The van der Waals surface area contributed by atoms with Crippen molar-refractivity contribution in [3.8, 4) is 11.6 Å². The van der Waals surface area contributed by atoms with Gasteiger partial charge in [0.15, 0.2) is 0 Å². The maximum atomic E-state index is 6.45. The Morgan fingerprint density at radius 3 is 2.65 bits per heavy atom. The van der Waals surface area contributed by atoms with Crippen molar-refractivity contribution in [1.82, 2.24) is 4.98 Å². The molecule has 142 valence electrons. The van der Waals surface area contributed by atoms with E-state index in [0.717, 1.165) is 42.9 Å². The molecular weight excluding hydrogens is 352 g/mol. The Hall–Kier alpha value is -1.56. The van der Waals surface area contributed by atoms with Crippen molar-refractivity contribution in [2.75, 3.05) is 14.2 Å². The highest BCUT2D eigenvalue weighted by Crippen LogP contribution is 2.39. The Bertz CT molecular complexity index is 760. The number of rotatable bonds is 6. The number of halogens is 1. The van der Waals surface area contributed by atoms with Gasteiger partial charge in [-0.05, 0) is 55.7 Å². The van der Waals surface area contributed by atoms with Gasteiger partial charge in [0, 0.05) is 24.7 Å². The Morgan fingerprint density at radius 1 is 1.31 bits per heavy atom. The molecule has 0 saturated heterocycles. The van der Waals surface area contributed by atoms with Crippen LogP contribution in [0.5, 0.6) is 11.6 Å². The fraction of sp³-hybridized carbons (Fsp3) is 0.550. The van der Waals surface area contributed by atoms with E-state index in [4.69, 9.17) is 31.5 Å². The Kier molecular flexibility index (Phi) is 5.90. The van der Waals surface area contributed by atoms with E-state index in [-0.39, 0.29) is 17.7 Å². The summed E-state index contributed by atoms with van der Waals surface area (Å²) in [6.45, 7) is 2.10. The third-order valence-electron chi connectivity index (χ3n) is 5.57. The highest BCUT2D eigenvalue weighted by atomic mass is 35.5. The molecule has 0 radical (unpaired) electrons. The van der Waals surface area contributed by atoms with Crippen LogP contribution < -0.4 is 15.2 Å². The predicted molar refractivity (Wildman–Crippen MR) is 104 cm³/mol. The van der Waals surface area contributed by atoms with E-state index in [9.17, 15) is 0 Å². The summed E-state index contributed by atoms with van der Waals surface area (Å²) in [6, 6.07) is 5.79. The van der Waals surface area contributed by atoms with Crippen molar-refractivity contribution in [2.45, 2.75) is 56.8 Å². The summed E-state index contributed by atoms with van der Waals surface area (Å²) in [6.07, 6.45) is 6.33. The zero-order valence-corrected chi connectivity index (χ0v) is 16.4. The minimum atomic E-state index is -0.235. The largest absolute Gasteiger partial charge is 0.489 e. The molecule has 0 amide bonds. The summed E-state index contributed by atoms with van der Waals surface area (Å²) in [5.74, 6) is 1.26. The molecule has 1 aromatic carbocycles. The van der Waals surface area contributed by atoms with E-state index in [2.05, 4.69) is 11.9 Å². The summed E-state index contributed by atoms with van der Waals surface area (Å²) < 4.78 is 17.3. The highest BCUT2D eigenvalue weighted by Gasteiger charge is 2.40. The first kappa shape index (κ1) is 19.2. The lowest BCUT2D eigenvalue weighted by atomic mass is 9.77. The van der Waals surface area contributed by atoms with Crippen LogP contribution >= 0.6 is 11.6 Å². The zero-order valence-electron chi connectivity index (χ0n) is 15.6. The van der Waals surface area contributed by atoms with Gasteiger partial charge in [-0.15, -0.1) is 0 Å². The predicted octanol–water partition coefficient (Wildman–Crippen LogP) is 4.34.